The number of nitrogens with zero attached hydrogens (tertiary/aromatic N) is 2. The highest BCUT2D eigenvalue weighted by Crippen LogP contribution is 2.34. The fourth-order valence-electron chi connectivity index (χ4n) is 4.10. The van der Waals surface area contributed by atoms with Crippen LogP contribution in [0.15, 0.2) is 42.5 Å². The number of unbranched alkanes of at least 4 members (excludes halogenated alkanes) is 1. The molecule has 0 bridgehead atoms. The highest BCUT2D eigenvalue weighted by molar-refractivity contribution is 7.92. The molecule has 1 aliphatic heterocycles. The van der Waals surface area contributed by atoms with Crippen LogP contribution >= 0.6 is 11.6 Å². The van der Waals surface area contributed by atoms with Gasteiger partial charge in [0.05, 0.1) is 11.9 Å². The van der Waals surface area contributed by atoms with Gasteiger partial charge in [-0.15, -0.1) is 0 Å². The van der Waals surface area contributed by atoms with Crippen molar-refractivity contribution in [3.8, 4) is 11.5 Å². The summed E-state index contributed by atoms with van der Waals surface area (Å²) in [6.45, 7) is 5.43. The van der Waals surface area contributed by atoms with Crippen LogP contribution in [0.3, 0.4) is 0 Å². The number of ether oxygens (including phenoxy) is 2. The number of sulfonamides is 1. The van der Waals surface area contributed by atoms with Gasteiger partial charge in [-0.25, -0.2) is 8.42 Å². The fourth-order valence-corrected chi connectivity index (χ4v) is 5.18. The van der Waals surface area contributed by atoms with E-state index in [-0.39, 0.29) is 37.7 Å². The number of hydrogen-bond donors (Lipinski definition) is 1. The van der Waals surface area contributed by atoms with E-state index in [0.29, 0.717) is 42.0 Å². The van der Waals surface area contributed by atoms with E-state index in [1.807, 2.05) is 19.1 Å². The lowest BCUT2D eigenvalue weighted by molar-refractivity contribution is -0.140. The van der Waals surface area contributed by atoms with E-state index in [2.05, 4.69) is 5.32 Å². The second kappa shape index (κ2) is 13.7. The predicted molar refractivity (Wildman–Crippen MR) is 148 cm³/mol. The van der Waals surface area contributed by atoms with E-state index in [4.69, 9.17) is 21.1 Å². The van der Waals surface area contributed by atoms with Gasteiger partial charge in [0.25, 0.3) is 0 Å². The average molecular weight is 566 g/mol. The molecular weight excluding hydrogens is 530 g/mol. The van der Waals surface area contributed by atoms with Gasteiger partial charge in [-0.2, -0.15) is 0 Å². The molecule has 1 aliphatic rings. The largest absolute Gasteiger partial charge is 0.486 e. The Labute approximate surface area is 230 Å². The molecular formula is C27H36ClN3O6S. The Kier molecular flexibility index (Phi) is 10.7. The average Bonchev–Trinajstić information content (AvgIpc) is 2.89. The Morgan fingerprint density at radius 1 is 1.05 bits per heavy atom. The van der Waals surface area contributed by atoms with Crippen molar-refractivity contribution in [3.63, 3.8) is 0 Å². The molecule has 2 aromatic carbocycles. The van der Waals surface area contributed by atoms with Crippen LogP contribution in [0.1, 0.15) is 45.1 Å². The maximum Gasteiger partial charge on any atom is 0.242 e. The summed E-state index contributed by atoms with van der Waals surface area (Å²) in [6, 6.07) is 11.4. The van der Waals surface area contributed by atoms with Crippen LogP contribution in [-0.4, -0.2) is 63.7 Å². The first-order chi connectivity index (χ1) is 18.1. The van der Waals surface area contributed by atoms with Crippen LogP contribution in [0, 0.1) is 0 Å². The van der Waals surface area contributed by atoms with Gasteiger partial charge in [-0.1, -0.05) is 37.1 Å². The van der Waals surface area contributed by atoms with Crippen molar-refractivity contribution < 1.29 is 27.5 Å². The van der Waals surface area contributed by atoms with Gasteiger partial charge in [0, 0.05) is 37.1 Å². The van der Waals surface area contributed by atoms with Crippen LogP contribution in [0.2, 0.25) is 5.02 Å². The summed E-state index contributed by atoms with van der Waals surface area (Å²) in [6.07, 6.45) is 3.26. The van der Waals surface area contributed by atoms with Crippen molar-refractivity contribution >= 4 is 39.1 Å². The molecule has 11 heteroatoms. The summed E-state index contributed by atoms with van der Waals surface area (Å²) in [5, 5.41) is 3.47. The monoisotopic (exact) mass is 565 g/mol. The van der Waals surface area contributed by atoms with Gasteiger partial charge in [-0.3, -0.25) is 13.9 Å². The molecule has 38 heavy (non-hydrogen) atoms. The minimum absolute atomic E-state index is 0.0662. The van der Waals surface area contributed by atoms with Crippen molar-refractivity contribution in [2.75, 3.05) is 36.9 Å². The zero-order valence-corrected chi connectivity index (χ0v) is 23.7. The minimum Gasteiger partial charge on any atom is -0.486 e. The molecule has 0 fully saturated rings. The number of hydrogen-bond acceptors (Lipinski definition) is 6. The summed E-state index contributed by atoms with van der Waals surface area (Å²) in [7, 11) is -3.62. The number of halogens is 1. The molecule has 9 nitrogen and oxygen atoms in total. The lowest BCUT2D eigenvalue weighted by Crippen LogP contribution is -2.47. The Morgan fingerprint density at radius 3 is 2.39 bits per heavy atom. The van der Waals surface area contributed by atoms with Gasteiger partial charge >= 0.3 is 0 Å². The van der Waals surface area contributed by atoms with Crippen LogP contribution in [-0.2, 0) is 26.2 Å². The standard InChI is InChI=1S/C27H36ClN3O6S/c1-4-5-14-29-27(33)20(2)30(19-21-8-10-22(28)11-9-21)26(32)7-6-15-31(38(3,34)35)23-12-13-24-25(18-23)37-17-16-36-24/h8-13,18,20H,4-7,14-17,19H2,1-3H3,(H,29,33)/t20-/m0/s1. The number of nitrogens with one attached hydrogen (secondary N) is 1. The van der Waals surface area contributed by atoms with E-state index in [1.165, 1.54) is 9.21 Å². The van der Waals surface area contributed by atoms with Crippen LogP contribution in [0.4, 0.5) is 5.69 Å². The number of fused-ring (bicyclic) bond motifs is 1. The molecule has 2 amide bonds. The SMILES string of the molecule is CCCCNC(=O)[C@H](C)N(Cc1ccc(Cl)cc1)C(=O)CCCN(c1ccc2c(c1)OCCO2)S(C)(=O)=O. The third kappa shape index (κ3) is 8.26. The normalized spacial score (nSPS) is 13.5. The van der Waals surface area contributed by atoms with Crippen LogP contribution in [0.5, 0.6) is 11.5 Å². The quantitative estimate of drug-likeness (QED) is 0.368. The third-order valence-corrected chi connectivity index (χ3v) is 7.67. The molecule has 1 atom stereocenters. The lowest BCUT2D eigenvalue weighted by atomic mass is 10.1. The molecule has 208 valence electrons. The molecule has 0 saturated carbocycles. The van der Waals surface area contributed by atoms with Gasteiger partial charge in [0.15, 0.2) is 11.5 Å². The first-order valence-electron chi connectivity index (χ1n) is 12.8. The summed E-state index contributed by atoms with van der Waals surface area (Å²) in [5.41, 5.74) is 1.27. The molecule has 0 unspecified atom stereocenters. The second-order valence-electron chi connectivity index (χ2n) is 9.24. The fraction of sp³-hybridized carbons (Fsp3) is 0.481. The highest BCUT2D eigenvalue weighted by atomic mass is 35.5. The first-order valence-corrected chi connectivity index (χ1v) is 15.0. The number of carbonyl (C=O) groups excluding carboxylic acids is 2. The molecule has 0 aliphatic carbocycles. The topological polar surface area (TPSA) is 105 Å². The number of rotatable bonds is 13. The van der Waals surface area contributed by atoms with E-state index in [0.717, 1.165) is 24.7 Å². The summed E-state index contributed by atoms with van der Waals surface area (Å²) < 4.78 is 37.6. The molecule has 3 rings (SSSR count). The second-order valence-corrected chi connectivity index (χ2v) is 11.6. The van der Waals surface area contributed by atoms with E-state index in [1.54, 1.807) is 37.3 Å². The molecule has 0 spiro atoms. The van der Waals surface area contributed by atoms with Crippen molar-refractivity contribution in [2.45, 2.75) is 52.1 Å². The first kappa shape index (κ1) is 29.6. The van der Waals surface area contributed by atoms with Crippen molar-refractivity contribution in [1.29, 1.82) is 0 Å². The van der Waals surface area contributed by atoms with Crippen LogP contribution in [0.25, 0.3) is 0 Å². The zero-order valence-electron chi connectivity index (χ0n) is 22.1. The number of anilines is 1. The Morgan fingerprint density at radius 2 is 1.74 bits per heavy atom. The van der Waals surface area contributed by atoms with Crippen LogP contribution < -0.4 is 19.1 Å². The molecule has 1 heterocycles. The van der Waals surface area contributed by atoms with Gasteiger partial charge in [0.2, 0.25) is 21.8 Å². The number of carbonyl (C=O) groups is 2. The Hall–Kier alpha value is -2.98. The summed E-state index contributed by atoms with van der Waals surface area (Å²) in [5.74, 6) is 0.576. The molecule has 1 N–H and O–H groups in total. The number of benzene rings is 2. The van der Waals surface area contributed by atoms with Gasteiger partial charge in [-0.05, 0) is 49.6 Å². The smallest absolute Gasteiger partial charge is 0.242 e. The van der Waals surface area contributed by atoms with Crippen molar-refractivity contribution in [1.82, 2.24) is 10.2 Å². The van der Waals surface area contributed by atoms with Gasteiger partial charge < -0.3 is 19.7 Å². The van der Waals surface area contributed by atoms with Gasteiger partial charge in [0.1, 0.15) is 19.3 Å². The van der Waals surface area contributed by atoms with Crippen molar-refractivity contribution in [2.24, 2.45) is 0 Å². The lowest BCUT2D eigenvalue weighted by Gasteiger charge is -2.29. The third-order valence-electron chi connectivity index (χ3n) is 6.23. The minimum atomic E-state index is -3.62. The Balaban J connectivity index is 1.71. The predicted octanol–water partition coefficient (Wildman–Crippen LogP) is 3.99. The maximum absolute atomic E-state index is 13.4. The van der Waals surface area contributed by atoms with E-state index >= 15 is 0 Å². The van der Waals surface area contributed by atoms with Crippen molar-refractivity contribution in [3.05, 3.63) is 53.1 Å². The zero-order chi connectivity index (χ0) is 27.7. The summed E-state index contributed by atoms with van der Waals surface area (Å²) >= 11 is 6.01. The number of amides is 2. The molecule has 0 radical (unpaired) electrons. The molecule has 0 aromatic heterocycles. The highest BCUT2D eigenvalue weighted by Gasteiger charge is 2.27. The maximum atomic E-state index is 13.4. The van der Waals surface area contributed by atoms with E-state index < -0.39 is 16.1 Å². The molecule has 2 aromatic rings. The van der Waals surface area contributed by atoms with E-state index in [9.17, 15) is 18.0 Å². The Bertz CT molecular complexity index is 1210. The summed E-state index contributed by atoms with van der Waals surface area (Å²) in [4.78, 5) is 27.7. The molecule has 0 saturated heterocycles.